The van der Waals surface area contributed by atoms with Crippen LogP contribution in [-0.4, -0.2) is 44.1 Å². The fourth-order valence-corrected chi connectivity index (χ4v) is 4.09. The topological polar surface area (TPSA) is 66.5 Å². The second kappa shape index (κ2) is 7.98. The first-order valence-electron chi connectivity index (χ1n) is 7.72. The summed E-state index contributed by atoms with van der Waals surface area (Å²) in [6.07, 6.45) is 3.81. The Balaban J connectivity index is 2.46. The molecule has 0 atom stereocenters. The van der Waals surface area contributed by atoms with E-state index in [1.165, 1.54) is 0 Å². The number of nitrogens with one attached hydrogen (secondary N) is 1. The molecule has 0 bridgehead atoms. The highest BCUT2D eigenvalue weighted by atomic mass is 32.2. The van der Waals surface area contributed by atoms with Crippen molar-refractivity contribution in [3.8, 4) is 0 Å². The van der Waals surface area contributed by atoms with Gasteiger partial charge in [-0.25, -0.2) is 13.1 Å². The Morgan fingerprint density at radius 1 is 1.20 bits per heavy atom. The van der Waals surface area contributed by atoms with Crippen molar-refractivity contribution >= 4 is 15.9 Å². The van der Waals surface area contributed by atoms with Gasteiger partial charge in [-0.3, -0.25) is 4.79 Å². The monoisotopic (exact) mass is 304 g/mol. The number of piperidine rings is 1. The first-order chi connectivity index (χ1) is 9.43. The minimum Gasteiger partial charge on any atom is -0.342 e. The van der Waals surface area contributed by atoms with Crippen LogP contribution < -0.4 is 4.72 Å². The summed E-state index contributed by atoms with van der Waals surface area (Å²) in [6.45, 7) is 7.26. The lowest BCUT2D eigenvalue weighted by molar-refractivity contribution is -0.136. The number of sulfonamides is 1. The number of hydrogen-bond donors (Lipinski definition) is 1. The van der Waals surface area contributed by atoms with Gasteiger partial charge in [-0.05, 0) is 32.1 Å². The molecular formula is C14H28N2O3S. The molecule has 0 saturated carbocycles. The Morgan fingerprint density at radius 2 is 1.75 bits per heavy atom. The van der Waals surface area contributed by atoms with E-state index in [4.69, 9.17) is 0 Å². The molecule has 0 aromatic heterocycles. The van der Waals surface area contributed by atoms with Gasteiger partial charge < -0.3 is 4.90 Å². The minimum absolute atomic E-state index is 0.0164. The summed E-state index contributed by atoms with van der Waals surface area (Å²) in [4.78, 5) is 14.1. The third-order valence-corrected chi connectivity index (χ3v) is 5.60. The van der Waals surface area contributed by atoms with E-state index in [1.54, 1.807) is 0 Å². The van der Waals surface area contributed by atoms with Crippen LogP contribution >= 0.6 is 0 Å². The first-order valence-corrected chi connectivity index (χ1v) is 9.37. The van der Waals surface area contributed by atoms with E-state index in [1.807, 2.05) is 25.7 Å². The highest BCUT2D eigenvalue weighted by Crippen LogP contribution is 2.17. The van der Waals surface area contributed by atoms with Gasteiger partial charge in [0.1, 0.15) is 0 Å². The molecule has 0 aliphatic carbocycles. The van der Waals surface area contributed by atoms with E-state index in [-0.39, 0.29) is 23.6 Å². The molecule has 0 spiro atoms. The van der Waals surface area contributed by atoms with Crippen LogP contribution in [-0.2, 0) is 14.8 Å². The summed E-state index contributed by atoms with van der Waals surface area (Å²) in [7, 11) is -3.15. The molecule has 1 rings (SSSR count). The second-order valence-corrected chi connectivity index (χ2v) is 7.42. The molecule has 1 heterocycles. The van der Waals surface area contributed by atoms with Crippen molar-refractivity contribution in [1.82, 2.24) is 9.62 Å². The molecule has 1 saturated heterocycles. The van der Waals surface area contributed by atoms with Crippen molar-refractivity contribution in [2.24, 2.45) is 5.92 Å². The average molecular weight is 304 g/mol. The van der Waals surface area contributed by atoms with Crippen LogP contribution in [0.3, 0.4) is 0 Å². The summed E-state index contributed by atoms with van der Waals surface area (Å²) in [5.74, 6) is 0.521. The lowest BCUT2D eigenvalue weighted by Crippen LogP contribution is -2.48. The Morgan fingerprint density at radius 3 is 2.20 bits per heavy atom. The smallest absolute Gasteiger partial charge is 0.225 e. The molecule has 1 amide bonds. The molecule has 0 aromatic carbocycles. The summed E-state index contributed by atoms with van der Waals surface area (Å²) in [5, 5.41) is 0. The van der Waals surface area contributed by atoms with Crippen molar-refractivity contribution in [3.63, 3.8) is 0 Å². The number of rotatable bonds is 7. The third kappa shape index (κ3) is 5.05. The number of carbonyl (C=O) groups is 1. The normalized spacial score (nSPS) is 17.7. The predicted octanol–water partition coefficient (Wildman–Crippen LogP) is 1.74. The third-order valence-electron chi connectivity index (χ3n) is 3.96. The molecule has 0 unspecified atom stereocenters. The molecule has 118 valence electrons. The van der Waals surface area contributed by atoms with Crippen molar-refractivity contribution in [1.29, 1.82) is 0 Å². The van der Waals surface area contributed by atoms with Crippen molar-refractivity contribution < 1.29 is 13.2 Å². The van der Waals surface area contributed by atoms with Crippen LogP contribution in [0.15, 0.2) is 0 Å². The second-order valence-electron chi connectivity index (χ2n) is 5.55. The maximum atomic E-state index is 12.2. The quantitative estimate of drug-likeness (QED) is 0.779. The largest absolute Gasteiger partial charge is 0.342 e. The summed E-state index contributed by atoms with van der Waals surface area (Å²) in [5.41, 5.74) is 0. The Hall–Kier alpha value is -0.620. The Bertz CT molecular complexity index is 397. The number of amides is 1. The van der Waals surface area contributed by atoms with E-state index >= 15 is 0 Å². The fraction of sp³-hybridized carbons (Fsp3) is 0.929. The zero-order valence-electron chi connectivity index (χ0n) is 12.9. The fourth-order valence-electron chi connectivity index (χ4n) is 2.70. The van der Waals surface area contributed by atoms with Gasteiger partial charge >= 0.3 is 0 Å². The van der Waals surface area contributed by atoms with Gasteiger partial charge in [0, 0.05) is 25.0 Å². The van der Waals surface area contributed by atoms with Gasteiger partial charge in [0.15, 0.2) is 0 Å². The van der Waals surface area contributed by atoms with Gasteiger partial charge in [0.25, 0.3) is 0 Å². The van der Waals surface area contributed by atoms with Crippen LogP contribution in [0.25, 0.3) is 0 Å². The van der Waals surface area contributed by atoms with E-state index in [9.17, 15) is 13.2 Å². The van der Waals surface area contributed by atoms with Crippen LogP contribution in [0.4, 0.5) is 0 Å². The first kappa shape index (κ1) is 17.4. The summed E-state index contributed by atoms with van der Waals surface area (Å²) < 4.78 is 26.2. The molecule has 6 heteroatoms. The lowest BCUT2D eigenvalue weighted by Gasteiger charge is -2.34. The van der Waals surface area contributed by atoms with Crippen molar-refractivity contribution in [2.45, 2.75) is 58.9 Å². The maximum absolute atomic E-state index is 12.2. The zero-order chi connectivity index (χ0) is 15.2. The van der Waals surface area contributed by atoms with Gasteiger partial charge in [-0.2, -0.15) is 0 Å². The molecule has 20 heavy (non-hydrogen) atoms. The molecule has 0 radical (unpaired) electrons. The van der Waals surface area contributed by atoms with Crippen molar-refractivity contribution in [3.05, 3.63) is 0 Å². The number of likely N-dealkylation sites (tertiary alicyclic amines) is 1. The number of hydrogen-bond acceptors (Lipinski definition) is 3. The highest BCUT2D eigenvalue weighted by Gasteiger charge is 2.28. The van der Waals surface area contributed by atoms with E-state index in [0.29, 0.717) is 19.5 Å². The minimum atomic E-state index is -3.15. The predicted molar refractivity (Wildman–Crippen MR) is 80.9 cm³/mol. The van der Waals surface area contributed by atoms with Gasteiger partial charge in [-0.15, -0.1) is 0 Å². The number of nitrogens with zero attached hydrogens (tertiary/aromatic N) is 1. The molecule has 1 aliphatic heterocycles. The maximum Gasteiger partial charge on any atom is 0.225 e. The van der Waals surface area contributed by atoms with Gasteiger partial charge in [-0.1, -0.05) is 20.8 Å². The molecule has 1 aliphatic rings. The summed E-state index contributed by atoms with van der Waals surface area (Å²) >= 11 is 0. The standard InChI is InChI=1S/C14H28N2O3S/c1-4-11-20(18,19)15-13-7-9-16(10-8-13)14(17)12(5-2)6-3/h12-13,15H,4-11H2,1-3H3. The van der Waals surface area contributed by atoms with Crippen LogP contribution in [0.1, 0.15) is 52.9 Å². The van der Waals surface area contributed by atoms with E-state index < -0.39 is 10.0 Å². The molecule has 0 aromatic rings. The molecular weight excluding hydrogens is 276 g/mol. The van der Waals surface area contributed by atoms with E-state index in [2.05, 4.69) is 4.72 Å². The SMILES string of the molecule is CCCS(=O)(=O)NC1CCN(C(=O)C(CC)CC)CC1. The van der Waals surface area contributed by atoms with Crippen LogP contribution in [0, 0.1) is 5.92 Å². The van der Waals surface area contributed by atoms with Crippen molar-refractivity contribution in [2.75, 3.05) is 18.8 Å². The molecule has 1 fully saturated rings. The zero-order valence-corrected chi connectivity index (χ0v) is 13.7. The highest BCUT2D eigenvalue weighted by molar-refractivity contribution is 7.89. The number of carbonyl (C=O) groups excluding carboxylic acids is 1. The molecule has 1 N–H and O–H groups in total. The van der Waals surface area contributed by atoms with Gasteiger partial charge in [0.05, 0.1) is 5.75 Å². The van der Waals surface area contributed by atoms with Gasteiger partial charge in [0.2, 0.25) is 15.9 Å². The van der Waals surface area contributed by atoms with E-state index in [0.717, 1.165) is 25.7 Å². The lowest BCUT2D eigenvalue weighted by atomic mass is 9.99. The summed E-state index contributed by atoms with van der Waals surface area (Å²) in [6, 6.07) is -0.0164. The Labute approximate surface area is 123 Å². The van der Waals surface area contributed by atoms with Crippen LogP contribution in [0.2, 0.25) is 0 Å². The average Bonchev–Trinajstić information content (AvgIpc) is 2.40. The van der Waals surface area contributed by atoms with Crippen LogP contribution in [0.5, 0.6) is 0 Å². The molecule has 5 nitrogen and oxygen atoms in total. The Kier molecular flexibility index (Phi) is 6.95.